The van der Waals surface area contributed by atoms with Crippen LogP contribution >= 0.6 is 0 Å². The molecular weight excluding hydrogens is 230 g/mol. The molecule has 0 bridgehead atoms. The average Bonchev–Trinajstić information content (AvgIpc) is 2.39. The van der Waals surface area contributed by atoms with Crippen molar-refractivity contribution in [1.29, 1.82) is 0 Å². The molecule has 0 aliphatic carbocycles. The number of methoxy groups -OCH3 is 1. The van der Waals surface area contributed by atoms with E-state index >= 15 is 0 Å². The molecule has 2 rings (SSSR count). The van der Waals surface area contributed by atoms with Crippen LogP contribution in [-0.4, -0.2) is 30.2 Å². The van der Waals surface area contributed by atoms with E-state index in [0.29, 0.717) is 17.0 Å². The number of nitrogens with zero attached hydrogens (tertiary/aromatic N) is 2. The highest BCUT2D eigenvalue weighted by Gasteiger charge is 2.30. The Labute approximate surface area is 107 Å². The van der Waals surface area contributed by atoms with Gasteiger partial charge in [0.25, 0.3) is 5.56 Å². The van der Waals surface area contributed by atoms with E-state index in [9.17, 15) is 4.79 Å². The van der Waals surface area contributed by atoms with Gasteiger partial charge in [0.15, 0.2) is 5.82 Å². The predicted molar refractivity (Wildman–Crippen MR) is 71.3 cm³/mol. The van der Waals surface area contributed by atoms with Crippen LogP contribution in [-0.2, 0) is 0 Å². The minimum absolute atomic E-state index is 0.216. The third-order valence-corrected chi connectivity index (χ3v) is 4.12. The molecule has 5 heteroatoms. The van der Waals surface area contributed by atoms with E-state index in [1.54, 1.807) is 0 Å². The van der Waals surface area contributed by atoms with Gasteiger partial charge in [-0.3, -0.25) is 4.79 Å². The number of hydrogen-bond donors (Lipinski definition) is 1. The molecule has 100 valence electrons. The number of aromatic nitrogens is 2. The van der Waals surface area contributed by atoms with Crippen molar-refractivity contribution in [2.24, 2.45) is 5.41 Å². The molecule has 0 aromatic carbocycles. The maximum atomic E-state index is 11.7. The first-order valence-corrected chi connectivity index (χ1v) is 6.46. The summed E-state index contributed by atoms with van der Waals surface area (Å²) in [7, 11) is 1.51. The smallest absolute Gasteiger partial charge is 0.295 e. The second-order valence-corrected chi connectivity index (χ2v) is 5.24. The van der Waals surface area contributed by atoms with Crippen LogP contribution in [0.2, 0.25) is 0 Å². The first kappa shape index (κ1) is 12.9. The lowest BCUT2D eigenvalue weighted by Gasteiger charge is -2.39. The van der Waals surface area contributed by atoms with Gasteiger partial charge in [0.1, 0.15) is 0 Å². The molecule has 1 N–H and O–H groups in total. The molecule has 1 aliphatic heterocycles. The van der Waals surface area contributed by atoms with Gasteiger partial charge in [-0.2, -0.15) is 0 Å². The zero-order valence-electron chi connectivity index (χ0n) is 11.3. The Morgan fingerprint density at radius 3 is 2.72 bits per heavy atom. The van der Waals surface area contributed by atoms with Crippen molar-refractivity contribution in [2.75, 3.05) is 25.1 Å². The van der Waals surface area contributed by atoms with Crippen LogP contribution in [0.3, 0.4) is 0 Å². The Balaban J connectivity index is 2.20. The first-order chi connectivity index (χ1) is 8.59. The van der Waals surface area contributed by atoms with Crippen LogP contribution < -0.4 is 15.2 Å². The molecule has 2 heterocycles. The second kappa shape index (κ2) is 5.00. The Morgan fingerprint density at radius 1 is 1.50 bits per heavy atom. The van der Waals surface area contributed by atoms with Gasteiger partial charge < -0.3 is 14.6 Å². The van der Waals surface area contributed by atoms with E-state index in [2.05, 4.69) is 28.7 Å². The third-order valence-electron chi connectivity index (χ3n) is 4.12. The highest BCUT2D eigenvalue weighted by molar-refractivity contribution is 5.50. The molecule has 5 nitrogen and oxygen atoms in total. The molecule has 0 radical (unpaired) electrons. The summed E-state index contributed by atoms with van der Waals surface area (Å²) in [6.07, 6.45) is 4.89. The van der Waals surface area contributed by atoms with E-state index in [1.165, 1.54) is 19.9 Å². The standard InChI is InChI=1S/C13H21N3O2/c1-4-13(2)5-7-16(8-6-13)11-10(18-3)12(17)15-9-14-11/h9H,4-8H2,1-3H3,(H,14,15,17). The van der Waals surface area contributed by atoms with Crippen molar-refractivity contribution in [1.82, 2.24) is 9.97 Å². The number of anilines is 1. The predicted octanol–water partition coefficient (Wildman–Crippen LogP) is 1.79. The minimum Gasteiger partial charge on any atom is -0.489 e. The minimum atomic E-state index is -0.216. The average molecular weight is 251 g/mol. The Morgan fingerprint density at radius 2 is 2.17 bits per heavy atom. The number of rotatable bonds is 3. The largest absolute Gasteiger partial charge is 0.489 e. The van der Waals surface area contributed by atoms with Gasteiger partial charge in [0.05, 0.1) is 13.4 Å². The highest BCUT2D eigenvalue weighted by Crippen LogP contribution is 2.36. The maximum absolute atomic E-state index is 11.7. The molecule has 0 amide bonds. The van der Waals surface area contributed by atoms with E-state index < -0.39 is 0 Å². The molecule has 18 heavy (non-hydrogen) atoms. The Hall–Kier alpha value is -1.52. The van der Waals surface area contributed by atoms with Crippen LogP contribution in [0.25, 0.3) is 0 Å². The lowest BCUT2D eigenvalue weighted by Crippen LogP contribution is -2.39. The summed E-state index contributed by atoms with van der Waals surface area (Å²) >= 11 is 0. The summed E-state index contributed by atoms with van der Waals surface area (Å²) in [5.41, 5.74) is 0.205. The molecule has 1 fully saturated rings. The summed E-state index contributed by atoms with van der Waals surface area (Å²) in [5, 5.41) is 0. The third kappa shape index (κ3) is 2.35. The van der Waals surface area contributed by atoms with Crippen molar-refractivity contribution >= 4 is 5.82 Å². The quantitative estimate of drug-likeness (QED) is 0.890. The molecule has 1 aromatic rings. The van der Waals surface area contributed by atoms with Crippen molar-refractivity contribution < 1.29 is 4.74 Å². The lowest BCUT2D eigenvalue weighted by molar-refractivity contribution is 0.237. The topological polar surface area (TPSA) is 58.2 Å². The fraction of sp³-hybridized carbons (Fsp3) is 0.692. The zero-order valence-corrected chi connectivity index (χ0v) is 11.3. The molecule has 0 unspecified atom stereocenters. The summed E-state index contributed by atoms with van der Waals surface area (Å²) < 4.78 is 5.16. The second-order valence-electron chi connectivity index (χ2n) is 5.24. The van der Waals surface area contributed by atoms with Gasteiger partial charge in [-0.25, -0.2) is 4.98 Å². The van der Waals surface area contributed by atoms with Crippen LogP contribution in [0.5, 0.6) is 5.75 Å². The zero-order chi connectivity index (χ0) is 13.2. The monoisotopic (exact) mass is 251 g/mol. The molecule has 1 aromatic heterocycles. The number of hydrogen-bond acceptors (Lipinski definition) is 4. The van der Waals surface area contributed by atoms with Gasteiger partial charge >= 0.3 is 0 Å². The summed E-state index contributed by atoms with van der Waals surface area (Å²) in [6, 6.07) is 0. The lowest BCUT2D eigenvalue weighted by atomic mass is 9.78. The van der Waals surface area contributed by atoms with Crippen LogP contribution in [0.4, 0.5) is 5.82 Å². The number of nitrogens with one attached hydrogen (secondary N) is 1. The van der Waals surface area contributed by atoms with Gasteiger partial charge in [0, 0.05) is 13.1 Å². The van der Waals surface area contributed by atoms with E-state index in [4.69, 9.17) is 4.74 Å². The highest BCUT2D eigenvalue weighted by atomic mass is 16.5. The van der Waals surface area contributed by atoms with E-state index in [1.807, 2.05) is 0 Å². The molecule has 1 aliphatic rings. The fourth-order valence-electron chi connectivity index (χ4n) is 2.40. The Kier molecular flexibility index (Phi) is 3.59. The number of aromatic amines is 1. The van der Waals surface area contributed by atoms with Crippen molar-refractivity contribution in [3.05, 3.63) is 16.7 Å². The van der Waals surface area contributed by atoms with Gasteiger partial charge in [-0.05, 0) is 18.3 Å². The van der Waals surface area contributed by atoms with E-state index in [-0.39, 0.29) is 5.56 Å². The fourth-order valence-corrected chi connectivity index (χ4v) is 2.40. The summed E-state index contributed by atoms with van der Waals surface area (Å²) in [6.45, 7) is 6.42. The van der Waals surface area contributed by atoms with Crippen LogP contribution in [0, 0.1) is 5.41 Å². The number of ether oxygens (including phenoxy) is 1. The molecular formula is C13H21N3O2. The van der Waals surface area contributed by atoms with Crippen molar-refractivity contribution in [2.45, 2.75) is 33.1 Å². The van der Waals surface area contributed by atoms with Gasteiger partial charge in [-0.15, -0.1) is 0 Å². The maximum Gasteiger partial charge on any atom is 0.295 e. The number of H-pyrrole nitrogens is 1. The summed E-state index contributed by atoms with van der Waals surface area (Å²) in [5.74, 6) is 0.983. The normalized spacial score (nSPS) is 18.7. The first-order valence-electron chi connectivity index (χ1n) is 6.46. The van der Waals surface area contributed by atoms with Crippen molar-refractivity contribution in [3.63, 3.8) is 0 Å². The van der Waals surface area contributed by atoms with Gasteiger partial charge in [0.2, 0.25) is 5.75 Å². The molecule has 1 saturated heterocycles. The number of piperidine rings is 1. The molecule has 0 saturated carbocycles. The van der Waals surface area contributed by atoms with Crippen molar-refractivity contribution in [3.8, 4) is 5.75 Å². The van der Waals surface area contributed by atoms with Crippen LogP contribution in [0.15, 0.2) is 11.1 Å². The van der Waals surface area contributed by atoms with E-state index in [0.717, 1.165) is 25.9 Å². The molecule has 0 atom stereocenters. The molecule has 0 spiro atoms. The summed E-state index contributed by atoms with van der Waals surface area (Å²) in [4.78, 5) is 20.6. The van der Waals surface area contributed by atoms with Gasteiger partial charge in [-0.1, -0.05) is 20.3 Å². The SMILES string of the molecule is CCC1(C)CCN(c2nc[nH]c(=O)c2OC)CC1. The van der Waals surface area contributed by atoms with Crippen LogP contribution in [0.1, 0.15) is 33.1 Å². The Bertz CT molecular complexity index is 462.